The van der Waals surface area contributed by atoms with Crippen molar-refractivity contribution in [2.24, 2.45) is 0 Å². The summed E-state index contributed by atoms with van der Waals surface area (Å²) in [7, 11) is 0. The largest absolute Gasteiger partial charge is 0.494 e. The molecule has 0 aromatic heterocycles. The molecule has 0 bridgehead atoms. The third kappa shape index (κ3) is 10.5. The molecule has 0 aliphatic carbocycles. The van der Waals surface area contributed by atoms with E-state index in [1.54, 1.807) is 36.4 Å². The van der Waals surface area contributed by atoms with Crippen molar-refractivity contribution in [3.05, 3.63) is 95.3 Å². The number of ether oxygens (including phenoxy) is 2. The van der Waals surface area contributed by atoms with Crippen molar-refractivity contribution in [1.29, 1.82) is 0 Å². The molecular formula is C33H37FO3. The van der Waals surface area contributed by atoms with Gasteiger partial charge in [-0.1, -0.05) is 88.7 Å². The lowest BCUT2D eigenvalue weighted by atomic mass is 10.1. The van der Waals surface area contributed by atoms with Gasteiger partial charge in [-0.15, -0.1) is 0 Å². The molecule has 3 aromatic carbocycles. The molecule has 37 heavy (non-hydrogen) atoms. The molecule has 3 nitrogen and oxygen atoms in total. The van der Waals surface area contributed by atoms with Crippen LogP contribution in [0.15, 0.2) is 72.8 Å². The van der Waals surface area contributed by atoms with E-state index >= 15 is 0 Å². The van der Waals surface area contributed by atoms with Gasteiger partial charge < -0.3 is 9.47 Å². The molecule has 0 atom stereocenters. The topological polar surface area (TPSA) is 35.5 Å². The molecular weight excluding hydrogens is 463 g/mol. The second-order valence-corrected chi connectivity index (χ2v) is 9.20. The minimum absolute atomic E-state index is 0.0905. The maximum atomic E-state index is 13.7. The van der Waals surface area contributed by atoms with Gasteiger partial charge in [0, 0.05) is 11.1 Å². The zero-order valence-corrected chi connectivity index (χ0v) is 21.8. The van der Waals surface area contributed by atoms with Crippen LogP contribution in [0.1, 0.15) is 92.6 Å². The average molecular weight is 501 g/mol. The number of para-hydroxylation sites is 1. The van der Waals surface area contributed by atoms with Crippen LogP contribution < -0.4 is 9.47 Å². The van der Waals surface area contributed by atoms with Crippen LogP contribution in [-0.4, -0.2) is 12.6 Å². The molecule has 0 unspecified atom stereocenters. The number of hydrogen-bond donors (Lipinski definition) is 0. The van der Waals surface area contributed by atoms with E-state index in [2.05, 4.69) is 18.8 Å². The maximum Gasteiger partial charge on any atom is 0.343 e. The summed E-state index contributed by atoms with van der Waals surface area (Å²) in [5.74, 6) is 5.80. The van der Waals surface area contributed by atoms with Gasteiger partial charge in [0.2, 0.25) is 0 Å². The maximum absolute atomic E-state index is 13.7. The molecule has 0 aliphatic heterocycles. The Morgan fingerprint density at radius 1 is 0.703 bits per heavy atom. The zero-order chi connectivity index (χ0) is 26.1. The summed E-state index contributed by atoms with van der Waals surface area (Å²) in [4.78, 5) is 12.2. The van der Waals surface area contributed by atoms with Crippen molar-refractivity contribution >= 4 is 5.97 Å². The number of benzene rings is 3. The highest BCUT2D eigenvalue weighted by atomic mass is 19.1. The van der Waals surface area contributed by atoms with E-state index in [-0.39, 0.29) is 5.75 Å². The quantitative estimate of drug-likeness (QED) is 0.0960. The van der Waals surface area contributed by atoms with Crippen molar-refractivity contribution in [3.8, 4) is 23.3 Å². The molecule has 0 saturated heterocycles. The van der Waals surface area contributed by atoms with Gasteiger partial charge in [-0.05, 0) is 67.1 Å². The number of esters is 1. The summed E-state index contributed by atoms with van der Waals surface area (Å²) in [6, 6.07) is 20.3. The molecule has 0 saturated carbocycles. The third-order valence-corrected chi connectivity index (χ3v) is 6.13. The zero-order valence-electron chi connectivity index (χ0n) is 21.8. The van der Waals surface area contributed by atoms with Crippen LogP contribution in [0.2, 0.25) is 0 Å². The van der Waals surface area contributed by atoms with E-state index in [1.165, 1.54) is 69.9 Å². The van der Waals surface area contributed by atoms with Crippen LogP contribution in [0.5, 0.6) is 11.5 Å². The van der Waals surface area contributed by atoms with Crippen LogP contribution in [0.4, 0.5) is 4.39 Å². The third-order valence-electron chi connectivity index (χ3n) is 6.13. The van der Waals surface area contributed by atoms with Crippen molar-refractivity contribution < 1.29 is 18.7 Å². The van der Waals surface area contributed by atoms with Crippen molar-refractivity contribution in [2.45, 2.75) is 71.1 Å². The Morgan fingerprint density at radius 2 is 1.24 bits per heavy atom. The van der Waals surface area contributed by atoms with E-state index in [4.69, 9.17) is 9.47 Å². The van der Waals surface area contributed by atoms with E-state index in [9.17, 15) is 9.18 Å². The van der Waals surface area contributed by atoms with Gasteiger partial charge in [-0.25, -0.2) is 9.18 Å². The first-order valence-electron chi connectivity index (χ1n) is 13.5. The predicted octanol–water partition coefficient (Wildman–Crippen LogP) is 8.74. The standard InChI is InChI=1S/C33H37FO3/c1-2-3-4-5-6-7-8-9-10-13-26-36-30-24-20-28(21-25-30)17-16-27-18-22-29(23-19-27)33(35)37-32-15-12-11-14-31(32)34/h11-12,14-15,18-25H,2-10,13,26H2,1H3. The number of unbranched alkanes of at least 4 members (excludes halogenated alkanes) is 9. The minimum Gasteiger partial charge on any atom is -0.494 e. The summed E-state index contributed by atoms with van der Waals surface area (Å²) in [6.07, 6.45) is 13.1. The molecule has 0 fully saturated rings. The normalized spacial score (nSPS) is 10.4. The summed E-state index contributed by atoms with van der Waals surface area (Å²) < 4.78 is 24.7. The van der Waals surface area contributed by atoms with E-state index < -0.39 is 11.8 Å². The van der Waals surface area contributed by atoms with Crippen LogP contribution >= 0.6 is 0 Å². The lowest BCUT2D eigenvalue weighted by molar-refractivity contribution is 0.0728. The van der Waals surface area contributed by atoms with E-state index in [0.717, 1.165) is 29.9 Å². The fraction of sp³-hybridized carbons (Fsp3) is 0.364. The number of halogens is 1. The second-order valence-electron chi connectivity index (χ2n) is 9.20. The Labute approximate surface area is 221 Å². The second kappa shape index (κ2) is 16.2. The van der Waals surface area contributed by atoms with Crippen LogP contribution in [0.3, 0.4) is 0 Å². The average Bonchev–Trinajstić information content (AvgIpc) is 2.93. The molecule has 0 aliphatic rings. The summed E-state index contributed by atoms with van der Waals surface area (Å²) >= 11 is 0. The molecule has 194 valence electrons. The summed E-state index contributed by atoms with van der Waals surface area (Å²) in [5.41, 5.74) is 1.98. The Balaban J connectivity index is 1.35. The lowest BCUT2D eigenvalue weighted by Crippen LogP contribution is -2.09. The van der Waals surface area contributed by atoms with Gasteiger partial charge in [0.1, 0.15) is 5.75 Å². The first-order valence-corrected chi connectivity index (χ1v) is 13.5. The van der Waals surface area contributed by atoms with Crippen LogP contribution in [0.25, 0.3) is 0 Å². The van der Waals surface area contributed by atoms with Gasteiger partial charge in [0.15, 0.2) is 11.6 Å². The lowest BCUT2D eigenvalue weighted by Gasteiger charge is -2.06. The molecule has 0 N–H and O–H groups in total. The van der Waals surface area contributed by atoms with Crippen molar-refractivity contribution in [3.63, 3.8) is 0 Å². The highest BCUT2D eigenvalue weighted by Crippen LogP contribution is 2.18. The molecule has 3 rings (SSSR count). The first kappa shape index (κ1) is 28.0. The molecule has 4 heteroatoms. The van der Waals surface area contributed by atoms with E-state index in [0.29, 0.717) is 5.56 Å². The van der Waals surface area contributed by atoms with Gasteiger partial charge in [0.05, 0.1) is 12.2 Å². The van der Waals surface area contributed by atoms with Crippen molar-refractivity contribution in [1.82, 2.24) is 0 Å². The van der Waals surface area contributed by atoms with Crippen molar-refractivity contribution in [2.75, 3.05) is 6.61 Å². The van der Waals surface area contributed by atoms with Gasteiger partial charge in [0.25, 0.3) is 0 Å². The summed E-state index contributed by atoms with van der Waals surface area (Å²) in [5, 5.41) is 0. The van der Waals surface area contributed by atoms with Gasteiger partial charge >= 0.3 is 5.97 Å². The van der Waals surface area contributed by atoms with Gasteiger partial charge in [-0.3, -0.25) is 0 Å². The Hall–Kier alpha value is -3.58. The fourth-order valence-corrected chi connectivity index (χ4v) is 3.93. The van der Waals surface area contributed by atoms with Crippen LogP contribution in [-0.2, 0) is 0 Å². The number of hydrogen-bond acceptors (Lipinski definition) is 3. The predicted molar refractivity (Wildman–Crippen MR) is 148 cm³/mol. The highest BCUT2D eigenvalue weighted by Gasteiger charge is 2.11. The Bertz CT molecular complexity index is 1140. The highest BCUT2D eigenvalue weighted by molar-refractivity contribution is 5.91. The number of carbonyl (C=O) groups is 1. The molecule has 0 spiro atoms. The van der Waals surface area contributed by atoms with Crippen LogP contribution in [0, 0.1) is 17.7 Å². The first-order chi connectivity index (χ1) is 18.2. The Morgan fingerprint density at radius 3 is 1.84 bits per heavy atom. The molecule has 3 aromatic rings. The van der Waals surface area contributed by atoms with Gasteiger partial charge in [-0.2, -0.15) is 0 Å². The minimum atomic E-state index is -0.613. The molecule has 0 radical (unpaired) electrons. The number of rotatable bonds is 14. The summed E-state index contributed by atoms with van der Waals surface area (Å²) in [6.45, 7) is 3.00. The smallest absolute Gasteiger partial charge is 0.343 e. The fourth-order valence-electron chi connectivity index (χ4n) is 3.93. The molecule has 0 amide bonds. The number of carbonyl (C=O) groups excluding carboxylic acids is 1. The monoisotopic (exact) mass is 500 g/mol. The Kier molecular flexibility index (Phi) is 12.3. The van der Waals surface area contributed by atoms with E-state index in [1.807, 2.05) is 24.3 Å². The molecule has 0 heterocycles. The SMILES string of the molecule is CCCCCCCCCCCCOc1ccc(C#Cc2ccc(C(=O)Oc3ccccc3F)cc2)cc1.